The normalized spacial score (nSPS) is 10.9. The summed E-state index contributed by atoms with van der Waals surface area (Å²) < 4.78 is 13.4. The molecule has 0 amide bonds. The van der Waals surface area contributed by atoms with E-state index in [1.807, 2.05) is 13.8 Å². The van der Waals surface area contributed by atoms with Crippen molar-refractivity contribution in [2.45, 2.75) is 13.8 Å². The van der Waals surface area contributed by atoms with Gasteiger partial charge in [0.25, 0.3) is 0 Å². The van der Waals surface area contributed by atoms with Gasteiger partial charge in [-0.05, 0) is 61.2 Å². The standard InChI is InChI=1S/C17H13BFN/c1-10-5-11(2)7-13(6-10)17-15-4-3-14(19)8-12(15)9-16(18)20-17/h3-9H,1-2H3. The fraction of sp³-hybridized carbons (Fsp3) is 0.118. The summed E-state index contributed by atoms with van der Waals surface area (Å²) in [6, 6.07) is 12.6. The lowest BCUT2D eigenvalue weighted by molar-refractivity contribution is 0.630. The van der Waals surface area contributed by atoms with Crippen molar-refractivity contribution < 1.29 is 4.39 Å². The van der Waals surface area contributed by atoms with Crippen LogP contribution in [0.5, 0.6) is 0 Å². The first kappa shape index (κ1) is 12.9. The Morgan fingerprint density at radius 2 is 1.65 bits per heavy atom. The average Bonchev–Trinajstić information content (AvgIpc) is 2.36. The highest BCUT2D eigenvalue weighted by Crippen LogP contribution is 2.27. The molecule has 0 fully saturated rings. The van der Waals surface area contributed by atoms with Crippen LogP contribution in [0.15, 0.2) is 42.5 Å². The lowest BCUT2D eigenvalue weighted by atomic mass is 9.95. The van der Waals surface area contributed by atoms with Crippen LogP contribution in [0.1, 0.15) is 11.1 Å². The van der Waals surface area contributed by atoms with Gasteiger partial charge in [-0.1, -0.05) is 17.2 Å². The third-order valence-electron chi connectivity index (χ3n) is 3.31. The predicted octanol–water partition coefficient (Wildman–Crippen LogP) is 3.45. The Morgan fingerprint density at radius 3 is 2.35 bits per heavy atom. The van der Waals surface area contributed by atoms with Crippen molar-refractivity contribution in [1.29, 1.82) is 0 Å². The molecule has 0 N–H and O–H groups in total. The molecule has 0 aliphatic carbocycles. The van der Waals surface area contributed by atoms with Gasteiger partial charge in [-0.15, -0.1) is 0 Å². The SMILES string of the molecule is [B]c1cc2cc(F)ccc2c(-c2cc(C)cc(C)c2)n1. The number of hydrogen-bond donors (Lipinski definition) is 0. The molecule has 3 heteroatoms. The second kappa shape index (κ2) is 4.75. The highest BCUT2D eigenvalue weighted by Gasteiger charge is 2.08. The molecule has 0 aliphatic heterocycles. The molecule has 20 heavy (non-hydrogen) atoms. The number of nitrogens with zero attached hydrogens (tertiary/aromatic N) is 1. The Balaban J connectivity index is 2.35. The minimum Gasteiger partial charge on any atom is -0.264 e. The number of aromatic nitrogens is 1. The van der Waals surface area contributed by atoms with Crippen LogP contribution in [0, 0.1) is 19.7 Å². The first-order chi connectivity index (χ1) is 9.52. The van der Waals surface area contributed by atoms with Crippen LogP contribution in [0.3, 0.4) is 0 Å². The number of fused-ring (bicyclic) bond motifs is 1. The van der Waals surface area contributed by atoms with Crippen molar-refractivity contribution in [2.24, 2.45) is 0 Å². The Bertz CT molecular complexity index is 786. The molecule has 0 unspecified atom stereocenters. The van der Waals surface area contributed by atoms with E-state index in [-0.39, 0.29) is 5.82 Å². The highest BCUT2D eigenvalue weighted by molar-refractivity contribution is 6.32. The van der Waals surface area contributed by atoms with Gasteiger partial charge in [0.05, 0.1) is 5.69 Å². The molecule has 1 aromatic heterocycles. The van der Waals surface area contributed by atoms with Crippen molar-refractivity contribution in [3.05, 3.63) is 59.4 Å². The molecule has 2 radical (unpaired) electrons. The molecular formula is C17H13BFN. The van der Waals surface area contributed by atoms with Gasteiger partial charge in [0, 0.05) is 10.9 Å². The molecule has 2 aromatic carbocycles. The maximum absolute atomic E-state index is 13.4. The second-order valence-electron chi connectivity index (χ2n) is 5.14. The van der Waals surface area contributed by atoms with Gasteiger partial charge in [0.2, 0.25) is 0 Å². The van der Waals surface area contributed by atoms with E-state index < -0.39 is 0 Å². The summed E-state index contributed by atoms with van der Waals surface area (Å²) >= 11 is 0. The number of aryl methyl sites for hydroxylation is 2. The van der Waals surface area contributed by atoms with Crippen LogP contribution < -0.4 is 5.59 Å². The first-order valence-electron chi connectivity index (χ1n) is 6.47. The van der Waals surface area contributed by atoms with E-state index in [4.69, 9.17) is 7.85 Å². The Morgan fingerprint density at radius 1 is 0.950 bits per heavy atom. The minimum absolute atomic E-state index is 0.269. The predicted molar refractivity (Wildman–Crippen MR) is 82.0 cm³/mol. The zero-order valence-corrected chi connectivity index (χ0v) is 11.4. The summed E-state index contributed by atoms with van der Waals surface area (Å²) in [5, 5.41) is 1.68. The molecule has 0 saturated carbocycles. The lowest BCUT2D eigenvalue weighted by Crippen LogP contribution is -2.09. The van der Waals surface area contributed by atoms with Gasteiger partial charge < -0.3 is 0 Å². The average molecular weight is 261 g/mol. The van der Waals surface area contributed by atoms with E-state index in [1.54, 1.807) is 12.1 Å². The molecule has 0 spiro atoms. The maximum atomic E-state index is 13.4. The summed E-state index contributed by atoms with van der Waals surface area (Å²) in [6.45, 7) is 4.09. The summed E-state index contributed by atoms with van der Waals surface area (Å²) in [5.41, 5.74) is 4.54. The number of benzene rings is 2. The maximum Gasteiger partial charge on any atom is 0.141 e. The zero-order valence-electron chi connectivity index (χ0n) is 11.4. The largest absolute Gasteiger partial charge is 0.264 e. The fourth-order valence-electron chi connectivity index (χ4n) is 2.58. The van der Waals surface area contributed by atoms with Gasteiger partial charge in [-0.25, -0.2) is 4.39 Å². The van der Waals surface area contributed by atoms with E-state index in [9.17, 15) is 4.39 Å². The van der Waals surface area contributed by atoms with E-state index in [0.29, 0.717) is 5.59 Å². The molecular weight excluding hydrogens is 248 g/mol. The molecule has 0 atom stereocenters. The first-order valence-corrected chi connectivity index (χ1v) is 6.47. The zero-order chi connectivity index (χ0) is 14.3. The van der Waals surface area contributed by atoms with E-state index in [0.717, 1.165) is 22.0 Å². The molecule has 3 aromatic rings. The monoisotopic (exact) mass is 261 g/mol. The van der Waals surface area contributed by atoms with Gasteiger partial charge in [0.15, 0.2) is 0 Å². The second-order valence-corrected chi connectivity index (χ2v) is 5.14. The van der Waals surface area contributed by atoms with Crippen LogP contribution in [0.2, 0.25) is 0 Å². The van der Waals surface area contributed by atoms with Crippen LogP contribution >= 0.6 is 0 Å². The summed E-state index contributed by atoms with van der Waals surface area (Å²) in [7, 11) is 5.85. The minimum atomic E-state index is -0.269. The summed E-state index contributed by atoms with van der Waals surface area (Å²) in [4.78, 5) is 4.44. The van der Waals surface area contributed by atoms with Crippen LogP contribution in [-0.2, 0) is 0 Å². The molecule has 3 rings (SSSR count). The summed E-state index contributed by atoms with van der Waals surface area (Å²) in [6.07, 6.45) is 0. The fourth-order valence-corrected chi connectivity index (χ4v) is 2.58. The highest BCUT2D eigenvalue weighted by atomic mass is 19.1. The Labute approximate surface area is 118 Å². The van der Waals surface area contributed by atoms with E-state index >= 15 is 0 Å². The molecule has 0 aliphatic rings. The number of pyridine rings is 1. The lowest BCUT2D eigenvalue weighted by Gasteiger charge is -2.10. The van der Waals surface area contributed by atoms with Crippen LogP contribution in [0.4, 0.5) is 4.39 Å². The molecule has 1 nitrogen and oxygen atoms in total. The van der Waals surface area contributed by atoms with E-state index in [2.05, 4.69) is 23.2 Å². The molecule has 0 saturated heterocycles. The van der Waals surface area contributed by atoms with Crippen molar-refractivity contribution in [1.82, 2.24) is 4.98 Å². The third kappa shape index (κ3) is 2.31. The smallest absolute Gasteiger partial charge is 0.141 e. The topological polar surface area (TPSA) is 12.9 Å². The van der Waals surface area contributed by atoms with Crippen molar-refractivity contribution in [3.63, 3.8) is 0 Å². The van der Waals surface area contributed by atoms with Crippen molar-refractivity contribution in [3.8, 4) is 11.3 Å². The van der Waals surface area contributed by atoms with Crippen LogP contribution in [0.25, 0.3) is 22.0 Å². The van der Waals surface area contributed by atoms with Crippen LogP contribution in [-0.4, -0.2) is 12.8 Å². The van der Waals surface area contributed by atoms with Gasteiger partial charge in [0.1, 0.15) is 13.7 Å². The molecule has 96 valence electrons. The van der Waals surface area contributed by atoms with Gasteiger partial charge in [-0.3, -0.25) is 4.98 Å². The van der Waals surface area contributed by atoms with E-state index in [1.165, 1.54) is 23.3 Å². The van der Waals surface area contributed by atoms with Gasteiger partial charge in [-0.2, -0.15) is 0 Å². The molecule has 0 bridgehead atoms. The van der Waals surface area contributed by atoms with Gasteiger partial charge >= 0.3 is 0 Å². The third-order valence-corrected chi connectivity index (χ3v) is 3.31. The number of halogens is 1. The molecule has 1 heterocycles. The van der Waals surface area contributed by atoms with Crippen molar-refractivity contribution >= 4 is 24.2 Å². The number of rotatable bonds is 1. The quantitative estimate of drug-likeness (QED) is 0.611. The Hall–Kier alpha value is -2.16. The number of hydrogen-bond acceptors (Lipinski definition) is 1. The summed E-state index contributed by atoms with van der Waals surface area (Å²) in [5.74, 6) is -0.269. The van der Waals surface area contributed by atoms with Crippen molar-refractivity contribution in [2.75, 3.05) is 0 Å². The Kier molecular flexibility index (Phi) is 3.05.